The van der Waals surface area contributed by atoms with Crippen molar-refractivity contribution in [3.05, 3.63) is 97.2 Å². The first kappa shape index (κ1) is 53.9. The van der Waals surface area contributed by atoms with E-state index in [1.807, 2.05) is 63.7 Å². The van der Waals surface area contributed by atoms with E-state index >= 15 is 0 Å². The number of phosphoric acid groups is 1. The molecule has 11 heteroatoms. The Kier molecular flexibility index (Phi) is 35.2. The molecule has 324 valence electrons. The fourth-order valence-corrected chi connectivity index (χ4v) is 5.63. The van der Waals surface area contributed by atoms with Crippen LogP contribution < -0.4 is 4.89 Å². The Labute approximate surface area is 346 Å². The summed E-state index contributed by atoms with van der Waals surface area (Å²) in [5.41, 5.74) is 0. The molecule has 0 rings (SSSR count). The molecule has 0 saturated carbocycles. The van der Waals surface area contributed by atoms with Crippen LogP contribution >= 0.6 is 7.82 Å². The number of aliphatic hydroxyl groups is 1. The Morgan fingerprint density at radius 3 is 1.84 bits per heavy atom. The first-order chi connectivity index (χ1) is 27.4. The Hall–Kier alpha value is -3.11. The van der Waals surface area contributed by atoms with Crippen molar-refractivity contribution in [3.8, 4) is 0 Å². The highest BCUT2D eigenvalue weighted by atomic mass is 31.2. The topological polar surface area (TPSA) is 131 Å². The second-order valence-corrected chi connectivity index (χ2v) is 16.2. The maximum absolute atomic E-state index is 12.6. The number of phosphoric ester groups is 1. The summed E-state index contributed by atoms with van der Waals surface area (Å²) in [5.74, 6) is -0.975. The minimum atomic E-state index is -4.67. The van der Waals surface area contributed by atoms with Crippen molar-refractivity contribution in [2.45, 2.75) is 135 Å². The summed E-state index contributed by atoms with van der Waals surface area (Å²) in [6, 6.07) is 0. The summed E-state index contributed by atoms with van der Waals surface area (Å²) in [5, 5.41) is 10.0. The third-order valence-electron chi connectivity index (χ3n) is 8.18. The summed E-state index contributed by atoms with van der Waals surface area (Å²) >= 11 is 0. The Bertz CT molecular complexity index is 1310. The zero-order valence-corrected chi connectivity index (χ0v) is 36.7. The summed E-state index contributed by atoms with van der Waals surface area (Å²) < 4.78 is 33.7. The van der Waals surface area contributed by atoms with Gasteiger partial charge in [-0.05, 0) is 77.0 Å². The molecule has 10 nitrogen and oxygen atoms in total. The maximum Gasteiger partial charge on any atom is 0.306 e. The number of likely N-dealkylation sites (N-methyl/N-ethyl adjacent to an activating group) is 1. The summed E-state index contributed by atoms with van der Waals surface area (Å²) in [6.45, 7) is 3.78. The van der Waals surface area contributed by atoms with Crippen LogP contribution in [-0.4, -0.2) is 81.2 Å². The van der Waals surface area contributed by atoms with Crippen molar-refractivity contribution in [2.75, 3.05) is 47.5 Å². The molecule has 0 aromatic rings. The van der Waals surface area contributed by atoms with E-state index in [1.165, 1.54) is 0 Å². The lowest BCUT2D eigenvalue weighted by molar-refractivity contribution is -0.870. The highest BCUT2D eigenvalue weighted by Crippen LogP contribution is 2.38. The van der Waals surface area contributed by atoms with Crippen molar-refractivity contribution in [1.29, 1.82) is 0 Å². The molecule has 0 radical (unpaired) electrons. The molecule has 0 aliphatic heterocycles. The molecular weight excluding hydrogens is 741 g/mol. The molecule has 0 heterocycles. The van der Waals surface area contributed by atoms with Gasteiger partial charge < -0.3 is 33.0 Å². The van der Waals surface area contributed by atoms with Gasteiger partial charge >= 0.3 is 11.9 Å². The molecule has 57 heavy (non-hydrogen) atoms. The number of esters is 2. The van der Waals surface area contributed by atoms with E-state index in [-0.39, 0.29) is 26.1 Å². The predicted octanol–water partition coefficient (Wildman–Crippen LogP) is 10.1. The molecule has 0 amide bonds. The van der Waals surface area contributed by atoms with Gasteiger partial charge in [0.1, 0.15) is 19.8 Å². The molecule has 0 aromatic carbocycles. The number of hydrogen-bond acceptors (Lipinski definition) is 9. The van der Waals surface area contributed by atoms with Gasteiger partial charge in [-0.3, -0.25) is 14.2 Å². The number of carbonyl (C=O) groups is 2. The first-order valence-corrected chi connectivity index (χ1v) is 22.5. The number of ether oxygens (including phenoxy) is 2. The monoisotopic (exact) mass is 818 g/mol. The van der Waals surface area contributed by atoms with E-state index < -0.39 is 38.6 Å². The van der Waals surface area contributed by atoms with Crippen LogP contribution in [0.15, 0.2) is 97.2 Å². The highest BCUT2D eigenvalue weighted by molar-refractivity contribution is 7.45. The Morgan fingerprint density at radius 2 is 1.19 bits per heavy atom. The molecule has 0 bridgehead atoms. The number of quaternary nitrogens is 1. The number of allylic oxidation sites excluding steroid dienone is 14. The zero-order chi connectivity index (χ0) is 42.3. The lowest BCUT2D eigenvalue weighted by atomic mass is 10.1. The van der Waals surface area contributed by atoms with E-state index in [4.69, 9.17) is 18.5 Å². The number of nitrogens with zero attached hydrogens (tertiary/aromatic N) is 1. The Morgan fingerprint density at radius 1 is 0.649 bits per heavy atom. The van der Waals surface area contributed by atoms with E-state index in [0.29, 0.717) is 43.1 Å². The van der Waals surface area contributed by atoms with E-state index in [1.54, 1.807) is 6.08 Å². The third-order valence-corrected chi connectivity index (χ3v) is 9.14. The zero-order valence-electron chi connectivity index (χ0n) is 35.8. The standard InChI is InChI=1S/C46H76NO9P/c1-6-8-10-12-14-15-16-17-18-19-20-21-25-29-33-37-45(49)53-41-44(42-55-57(51,52)54-40-39-47(3,4)5)56-46(50)38-34-30-26-23-22-24-28-32-36-43(48)35-31-27-13-11-9-7-2/h8-11,14-15,17-18,23-24,26-28,31-32,36,43-44,48H,6-7,12-13,16,19-22,25,29-30,33-35,37-42H2,1-5H3/b10-8-,11-9-,15-14-,18-17-,26-23-,28-24-,31-27-,36-32+/t43?,44-/m1/s1. The van der Waals surface area contributed by atoms with Gasteiger partial charge in [0.25, 0.3) is 7.82 Å². The van der Waals surface area contributed by atoms with E-state index in [9.17, 15) is 24.2 Å². The van der Waals surface area contributed by atoms with Gasteiger partial charge in [-0.2, -0.15) is 0 Å². The lowest BCUT2D eigenvalue weighted by Gasteiger charge is -2.28. The van der Waals surface area contributed by atoms with E-state index in [2.05, 4.69) is 62.5 Å². The van der Waals surface area contributed by atoms with Crippen molar-refractivity contribution in [2.24, 2.45) is 0 Å². The quantitative estimate of drug-likeness (QED) is 0.0164. The third kappa shape index (κ3) is 40.9. The largest absolute Gasteiger partial charge is 0.756 e. The molecule has 3 atom stereocenters. The first-order valence-electron chi connectivity index (χ1n) is 21.1. The van der Waals surface area contributed by atoms with Crippen LogP contribution in [0.2, 0.25) is 0 Å². The van der Waals surface area contributed by atoms with Gasteiger partial charge in [0.15, 0.2) is 6.10 Å². The SMILES string of the molecule is CC/C=C\C/C=C\C/C=C\CCCCCCCC(=O)OC[C@H](COP(=O)([O-])OCC[N+](C)(C)C)OC(=O)CCC/C=C\C/C=C\C=C\C(O)C/C=C\C/C=C\CC. The van der Waals surface area contributed by atoms with Gasteiger partial charge in [-0.15, -0.1) is 0 Å². The molecule has 0 aliphatic rings. The van der Waals surface area contributed by atoms with Crippen LogP contribution in [0, 0.1) is 0 Å². The molecule has 0 saturated heterocycles. The number of hydrogen-bond donors (Lipinski definition) is 1. The smallest absolute Gasteiger partial charge is 0.306 e. The average Bonchev–Trinajstić information content (AvgIpc) is 3.15. The van der Waals surface area contributed by atoms with Gasteiger partial charge in [0.05, 0.1) is 33.9 Å². The van der Waals surface area contributed by atoms with Gasteiger partial charge in [0.2, 0.25) is 0 Å². The van der Waals surface area contributed by atoms with Crippen molar-refractivity contribution in [3.63, 3.8) is 0 Å². The normalized spacial score (nSPS) is 15.1. The van der Waals surface area contributed by atoms with E-state index in [0.717, 1.165) is 64.2 Å². The Balaban J connectivity index is 4.60. The fourth-order valence-electron chi connectivity index (χ4n) is 4.90. The summed E-state index contributed by atoms with van der Waals surface area (Å²) in [6.07, 6.45) is 44.7. The number of unbranched alkanes of at least 4 members (excludes halogenated alkanes) is 6. The summed E-state index contributed by atoms with van der Waals surface area (Å²) in [7, 11) is 1.06. The number of rotatable bonds is 36. The number of aliphatic hydroxyl groups excluding tert-OH is 1. The molecule has 1 N–H and O–H groups in total. The lowest BCUT2D eigenvalue weighted by Crippen LogP contribution is -2.37. The second-order valence-electron chi connectivity index (χ2n) is 14.8. The molecular formula is C46H76NO9P. The van der Waals surface area contributed by atoms with Crippen molar-refractivity contribution >= 4 is 19.8 Å². The van der Waals surface area contributed by atoms with Crippen molar-refractivity contribution in [1.82, 2.24) is 0 Å². The van der Waals surface area contributed by atoms with Crippen LogP contribution in [-0.2, 0) is 32.7 Å². The highest BCUT2D eigenvalue weighted by Gasteiger charge is 2.21. The van der Waals surface area contributed by atoms with Crippen LogP contribution in [0.1, 0.15) is 123 Å². The maximum atomic E-state index is 12.6. The minimum absolute atomic E-state index is 0.0615. The van der Waals surface area contributed by atoms with Gasteiger partial charge in [0, 0.05) is 12.8 Å². The molecule has 0 aromatic heterocycles. The second kappa shape index (κ2) is 37.2. The molecule has 0 aliphatic carbocycles. The van der Waals surface area contributed by atoms with Crippen LogP contribution in [0.4, 0.5) is 0 Å². The predicted molar refractivity (Wildman–Crippen MR) is 232 cm³/mol. The minimum Gasteiger partial charge on any atom is -0.756 e. The molecule has 2 unspecified atom stereocenters. The van der Waals surface area contributed by atoms with Crippen molar-refractivity contribution < 1.29 is 47.2 Å². The fraction of sp³-hybridized carbons (Fsp3) is 0.609. The average molecular weight is 818 g/mol. The number of carbonyl (C=O) groups excluding carboxylic acids is 2. The van der Waals surface area contributed by atoms with Crippen LogP contribution in [0.3, 0.4) is 0 Å². The van der Waals surface area contributed by atoms with Gasteiger partial charge in [-0.1, -0.05) is 130 Å². The molecule has 0 fully saturated rings. The summed E-state index contributed by atoms with van der Waals surface area (Å²) in [4.78, 5) is 37.5. The van der Waals surface area contributed by atoms with Crippen LogP contribution in [0.25, 0.3) is 0 Å². The van der Waals surface area contributed by atoms with Crippen LogP contribution in [0.5, 0.6) is 0 Å². The molecule has 0 spiro atoms. The van der Waals surface area contributed by atoms with Gasteiger partial charge in [-0.25, -0.2) is 0 Å².